The monoisotopic (exact) mass is 354 g/mol. The van der Waals surface area contributed by atoms with Crippen LogP contribution in [0.15, 0.2) is 16.6 Å². The van der Waals surface area contributed by atoms with Crippen molar-refractivity contribution in [1.29, 1.82) is 0 Å². The van der Waals surface area contributed by atoms with E-state index in [1.807, 2.05) is 19.1 Å². The normalized spacial score (nSPS) is 12.2. The molecule has 1 rings (SSSR count). The minimum absolute atomic E-state index is 0.189. The van der Waals surface area contributed by atoms with Gasteiger partial charge in [0.1, 0.15) is 0 Å². The topological polar surface area (TPSA) is 26.3 Å². The summed E-state index contributed by atoms with van der Waals surface area (Å²) in [7, 11) is 0. The molecule has 0 bridgehead atoms. The molecule has 0 fully saturated rings. The lowest BCUT2D eigenvalue weighted by atomic mass is 9.99. The number of benzene rings is 1. The Balaban J connectivity index is 2.75. The van der Waals surface area contributed by atoms with E-state index in [0.717, 1.165) is 34.9 Å². The van der Waals surface area contributed by atoms with Crippen LogP contribution in [0, 0.1) is 12.8 Å². The minimum atomic E-state index is -0.189. The predicted molar refractivity (Wildman–Crippen MR) is 91.8 cm³/mol. The summed E-state index contributed by atoms with van der Waals surface area (Å²) >= 11 is 3.46. The van der Waals surface area contributed by atoms with Crippen molar-refractivity contribution >= 4 is 21.9 Å². The summed E-state index contributed by atoms with van der Waals surface area (Å²) in [5.74, 6) is 0.290. The van der Waals surface area contributed by atoms with Crippen molar-refractivity contribution in [3.63, 3.8) is 0 Å². The Morgan fingerprint density at radius 2 is 2.00 bits per heavy atom. The van der Waals surface area contributed by atoms with E-state index in [-0.39, 0.29) is 5.97 Å². The molecule has 118 valence electrons. The van der Waals surface area contributed by atoms with E-state index in [2.05, 4.69) is 36.7 Å². The second kappa shape index (κ2) is 9.24. The smallest absolute Gasteiger partial charge is 0.338 e. The van der Waals surface area contributed by atoms with Crippen LogP contribution < -0.4 is 0 Å². The van der Waals surface area contributed by atoms with Crippen molar-refractivity contribution in [2.24, 2.45) is 5.92 Å². The highest BCUT2D eigenvalue weighted by Gasteiger charge is 2.16. The van der Waals surface area contributed by atoms with Crippen LogP contribution in [0.4, 0.5) is 0 Å². The molecule has 21 heavy (non-hydrogen) atoms. The van der Waals surface area contributed by atoms with E-state index in [9.17, 15) is 4.79 Å². The maximum Gasteiger partial charge on any atom is 0.338 e. The van der Waals surface area contributed by atoms with Crippen LogP contribution in [0.1, 0.15) is 67.9 Å². The molecule has 3 heteroatoms. The van der Waals surface area contributed by atoms with Gasteiger partial charge in [0.25, 0.3) is 0 Å². The summed E-state index contributed by atoms with van der Waals surface area (Å²) in [5, 5.41) is 0. The number of carbonyl (C=O) groups is 1. The molecular weight excluding hydrogens is 328 g/mol. The number of rotatable bonds is 8. The van der Waals surface area contributed by atoms with Crippen LogP contribution in [0.5, 0.6) is 0 Å². The molecule has 0 radical (unpaired) electrons. The number of aryl methyl sites for hydroxylation is 1. The van der Waals surface area contributed by atoms with Crippen molar-refractivity contribution in [2.45, 2.75) is 59.8 Å². The Morgan fingerprint density at radius 3 is 2.57 bits per heavy atom. The lowest BCUT2D eigenvalue weighted by Gasteiger charge is -2.16. The van der Waals surface area contributed by atoms with Gasteiger partial charge in [-0.15, -0.1) is 0 Å². The Hall–Kier alpha value is -0.830. The summed E-state index contributed by atoms with van der Waals surface area (Å²) in [6.07, 6.45) is 5.43. The van der Waals surface area contributed by atoms with Gasteiger partial charge in [-0.05, 0) is 48.9 Å². The van der Waals surface area contributed by atoms with Gasteiger partial charge in [0.05, 0.1) is 12.2 Å². The van der Waals surface area contributed by atoms with Crippen molar-refractivity contribution in [3.05, 3.63) is 33.3 Å². The Bertz CT molecular complexity index is 469. The number of hydrogen-bond acceptors (Lipinski definition) is 2. The van der Waals surface area contributed by atoms with Crippen LogP contribution in [0.2, 0.25) is 0 Å². The van der Waals surface area contributed by atoms with E-state index in [0.29, 0.717) is 18.1 Å². The molecule has 0 aromatic heterocycles. The molecule has 0 aliphatic heterocycles. The lowest BCUT2D eigenvalue weighted by Crippen LogP contribution is -2.15. The van der Waals surface area contributed by atoms with Crippen LogP contribution >= 0.6 is 15.9 Å². The number of halogens is 1. The third-order valence-corrected chi connectivity index (χ3v) is 4.46. The fourth-order valence-electron chi connectivity index (χ4n) is 2.59. The van der Waals surface area contributed by atoms with E-state index in [4.69, 9.17) is 4.74 Å². The number of unbranched alkanes of at least 4 members (excludes halogenated alkanes) is 1. The van der Waals surface area contributed by atoms with Crippen molar-refractivity contribution in [2.75, 3.05) is 6.61 Å². The zero-order chi connectivity index (χ0) is 15.8. The zero-order valence-corrected chi connectivity index (χ0v) is 15.3. The number of esters is 1. The lowest BCUT2D eigenvalue weighted by molar-refractivity contribution is 0.0426. The van der Waals surface area contributed by atoms with Gasteiger partial charge >= 0.3 is 5.97 Å². The minimum Gasteiger partial charge on any atom is -0.462 e. The van der Waals surface area contributed by atoms with E-state index < -0.39 is 0 Å². The Labute approximate surface area is 137 Å². The first-order valence-electron chi connectivity index (χ1n) is 7.99. The molecule has 1 aromatic carbocycles. The molecule has 0 spiro atoms. The summed E-state index contributed by atoms with van der Waals surface area (Å²) in [5.41, 5.74) is 2.93. The average molecular weight is 355 g/mol. The van der Waals surface area contributed by atoms with Crippen LogP contribution in [0.25, 0.3) is 0 Å². The maximum absolute atomic E-state index is 12.4. The van der Waals surface area contributed by atoms with Crippen LogP contribution in [-0.2, 0) is 11.2 Å². The fourth-order valence-corrected chi connectivity index (χ4v) is 3.17. The first-order valence-corrected chi connectivity index (χ1v) is 8.78. The van der Waals surface area contributed by atoms with Crippen LogP contribution in [0.3, 0.4) is 0 Å². The summed E-state index contributed by atoms with van der Waals surface area (Å²) in [4.78, 5) is 12.4. The number of carbonyl (C=O) groups excluding carboxylic acids is 1. The van der Waals surface area contributed by atoms with Gasteiger partial charge in [-0.1, -0.05) is 56.0 Å². The van der Waals surface area contributed by atoms with Gasteiger partial charge in [-0.2, -0.15) is 0 Å². The molecule has 0 amide bonds. The second-order valence-corrected chi connectivity index (χ2v) is 6.53. The Morgan fingerprint density at radius 1 is 1.29 bits per heavy atom. The highest BCUT2D eigenvalue weighted by Crippen LogP contribution is 2.23. The zero-order valence-electron chi connectivity index (χ0n) is 13.7. The fraction of sp³-hybridized carbons (Fsp3) is 0.611. The summed E-state index contributed by atoms with van der Waals surface area (Å²) in [6, 6.07) is 3.92. The highest BCUT2D eigenvalue weighted by atomic mass is 79.9. The van der Waals surface area contributed by atoms with Crippen molar-refractivity contribution in [3.8, 4) is 0 Å². The second-order valence-electron chi connectivity index (χ2n) is 5.62. The average Bonchev–Trinajstić information content (AvgIpc) is 2.46. The molecule has 0 N–H and O–H groups in total. The molecule has 1 unspecified atom stereocenters. The number of ether oxygens (including phenoxy) is 1. The molecule has 0 saturated heterocycles. The first kappa shape index (κ1) is 18.2. The first-order chi connectivity index (χ1) is 10.0. The molecule has 0 saturated carbocycles. The molecule has 2 nitrogen and oxygen atoms in total. The predicted octanol–water partition coefficient (Wildman–Crippen LogP) is 5.69. The summed E-state index contributed by atoms with van der Waals surface area (Å²) in [6.45, 7) is 9.00. The molecule has 1 aromatic rings. The Kier molecular flexibility index (Phi) is 8.02. The van der Waals surface area contributed by atoms with Gasteiger partial charge in [0, 0.05) is 4.47 Å². The SMILES string of the molecule is CCCCC(CC)COC(=O)c1cc(Br)cc(C)c1CC. The van der Waals surface area contributed by atoms with Gasteiger partial charge in [0.15, 0.2) is 0 Å². The van der Waals surface area contributed by atoms with Crippen LogP contribution in [-0.4, -0.2) is 12.6 Å². The molecule has 0 aliphatic carbocycles. The van der Waals surface area contributed by atoms with E-state index >= 15 is 0 Å². The van der Waals surface area contributed by atoms with Crippen molar-refractivity contribution in [1.82, 2.24) is 0 Å². The third kappa shape index (κ3) is 5.46. The highest BCUT2D eigenvalue weighted by molar-refractivity contribution is 9.10. The molecular formula is C18H27BrO2. The van der Waals surface area contributed by atoms with Gasteiger partial charge in [-0.25, -0.2) is 4.79 Å². The summed E-state index contributed by atoms with van der Waals surface area (Å²) < 4.78 is 6.50. The molecule has 0 aliphatic rings. The van der Waals surface area contributed by atoms with E-state index in [1.54, 1.807) is 0 Å². The quantitative estimate of drug-likeness (QED) is 0.560. The van der Waals surface area contributed by atoms with Gasteiger partial charge < -0.3 is 4.74 Å². The standard InChI is InChI=1S/C18H27BrO2/c1-5-8-9-14(6-2)12-21-18(20)17-11-15(19)10-13(4)16(17)7-3/h10-11,14H,5-9,12H2,1-4H3. The maximum atomic E-state index is 12.4. The molecule has 0 heterocycles. The van der Waals surface area contributed by atoms with Gasteiger partial charge in [0.2, 0.25) is 0 Å². The largest absolute Gasteiger partial charge is 0.462 e. The number of hydrogen-bond donors (Lipinski definition) is 0. The van der Waals surface area contributed by atoms with E-state index in [1.165, 1.54) is 12.8 Å². The van der Waals surface area contributed by atoms with Crippen molar-refractivity contribution < 1.29 is 9.53 Å². The molecule has 1 atom stereocenters. The third-order valence-electron chi connectivity index (χ3n) is 4.00. The van der Waals surface area contributed by atoms with Gasteiger partial charge in [-0.3, -0.25) is 0 Å².